The molecular formula is C14H19NO. The van der Waals surface area contributed by atoms with Gasteiger partial charge < -0.3 is 9.73 Å². The largest absolute Gasteiger partial charge is 0.468 e. The zero-order chi connectivity index (χ0) is 10.6. The third-order valence-corrected chi connectivity index (χ3v) is 5.20. The van der Waals surface area contributed by atoms with E-state index in [1.54, 1.807) is 0 Å². The normalized spacial score (nSPS) is 29.2. The van der Waals surface area contributed by atoms with Crippen LogP contribution in [0.25, 0.3) is 0 Å². The Labute approximate surface area is 96.4 Å². The standard InChI is InChI=1S/C14H19NO/c1-2-8-14(7-1)11-4-9-16-12(11)13(10-15-14)5-3-6-13/h4,9,15H,1-3,5-8,10H2. The second-order valence-electron chi connectivity index (χ2n) is 5.94. The van der Waals surface area contributed by atoms with E-state index in [0.717, 1.165) is 6.54 Å². The van der Waals surface area contributed by atoms with E-state index >= 15 is 0 Å². The molecule has 0 atom stereocenters. The molecule has 4 rings (SSSR count). The van der Waals surface area contributed by atoms with Crippen molar-refractivity contribution in [2.75, 3.05) is 6.54 Å². The molecule has 0 unspecified atom stereocenters. The van der Waals surface area contributed by atoms with Crippen LogP contribution in [-0.4, -0.2) is 6.54 Å². The van der Waals surface area contributed by atoms with Crippen LogP contribution in [0.1, 0.15) is 56.3 Å². The van der Waals surface area contributed by atoms with Crippen LogP contribution in [0.15, 0.2) is 16.7 Å². The van der Waals surface area contributed by atoms with Crippen molar-refractivity contribution in [1.29, 1.82) is 0 Å². The zero-order valence-electron chi connectivity index (χ0n) is 9.72. The minimum absolute atomic E-state index is 0.281. The van der Waals surface area contributed by atoms with E-state index in [-0.39, 0.29) is 5.54 Å². The van der Waals surface area contributed by atoms with Crippen LogP contribution in [0.5, 0.6) is 0 Å². The van der Waals surface area contributed by atoms with Crippen LogP contribution in [-0.2, 0) is 11.0 Å². The van der Waals surface area contributed by atoms with E-state index in [9.17, 15) is 0 Å². The van der Waals surface area contributed by atoms with Crippen molar-refractivity contribution in [2.45, 2.75) is 55.9 Å². The van der Waals surface area contributed by atoms with Gasteiger partial charge in [-0.3, -0.25) is 0 Å². The lowest BCUT2D eigenvalue weighted by Crippen LogP contribution is -2.56. The second kappa shape index (κ2) is 2.92. The molecule has 2 nitrogen and oxygen atoms in total. The Bertz CT molecular complexity index is 410. The summed E-state index contributed by atoms with van der Waals surface area (Å²) < 4.78 is 5.86. The summed E-state index contributed by atoms with van der Waals surface area (Å²) in [5, 5.41) is 3.87. The third kappa shape index (κ3) is 0.969. The number of hydrogen-bond acceptors (Lipinski definition) is 2. The monoisotopic (exact) mass is 217 g/mol. The van der Waals surface area contributed by atoms with Gasteiger partial charge in [0.15, 0.2) is 0 Å². The summed E-state index contributed by atoms with van der Waals surface area (Å²) in [4.78, 5) is 0. The highest BCUT2D eigenvalue weighted by Crippen LogP contribution is 2.53. The molecule has 86 valence electrons. The molecule has 1 N–H and O–H groups in total. The molecule has 1 aliphatic heterocycles. The van der Waals surface area contributed by atoms with Gasteiger partial charge in [-0.2, -0.15) is 0 Å². The Morgan fingerprint density at radius 2 is 1.88 bits per heavy atom. The summed E-state index contributed by atoms with van der Waals surface area (Å²) in [5.74, 6) is 1.33. The molecule has 2 aliphatic carbocycles. The first kappa shape index (κ1) is 9.29. The Morgan fingerprint density at radius 1 is 1.06 bits per heavy atom. The van der Waals surface area contributed by atoms with Gasteiger partial charge in [0.2, 0.25) is 0 Å². The van der Waals surface area contributed by atoms with Crippen LogP contribution in [0.2, 0.25) is 0 Å². The predicted octanol–water partition coefficient (Wildman–Crippen LogP) is 3.07. The molecule has 16 heavy (non-hydrogen) atoms. The van der Waals surface area contributed by atoms with Crippen molar-refractivity contribution in [1.82, 2.24) is 5.32 Å². The molecule has 2 saturated carbocycles. The van der Waals surface area contributed by atoms with Gasteiger partial charge in [0.05, 0.1) is 6.26 Å². The fraction of sp³-hybridized carbons (Fsp3) is 0.714. The molecule has 0 amide bonds. The molecule has 0 aromatic carbocycles. The highest BCUT2D eigenvalue weighted by molar-refractivity contribution is 5.38. The van der Waals surface area contributed by atoms with Gasteiger partial charge in [0.25, 0.3) is 0 Å². The van der Waals surface area contributed by atoms with Crippen LogP contribution in [0.3, 0.4) is 0 Å². The van der Waals surface area contributed by atoms with E-state index in [0.29, 0.717) is 5.41 Å². The molecule has 2 spiro atoms. The van der Waals surface area contributed by atoms with Gasteiger partial charge in [-0.15, -0.1) is 0 Å². The van der Waals surface area contributed by atoms with E-state index < -0.39 is 0 Å². The molecule has 2 fully saturated rings. The van der Waals surface area contributed by atoms with Crippen molar-refractivity contribution in [3.05, 3.63) is 23.7 Å². The van der Waals surface area contributed by atoms with Crippen molar-refractivity contribution in [2.24, 2.45) is 0 Å². The number of rotatable bonds is 0. The number of nitrogens with one attached hydrogen (secondary N) is 1. The van der Waals surface area contributed by atoms with Crippen molar-refractivity contribution < 1.29 is 4.42 Å². The summed E-state index contributed by atoms with van der Waals surface area (Å²) >= 11 is 0. The van der Waals surface area contributed by atoms with E-state index in [4.69, 9.17) is 4.42 Å². The maximum absolute atomic E-state index is 5.86. The average Bonchev–Trinajstić information content (AvgIpc) is 2.85. The Morgan fingerprint density at radius 3 is 2.56 bits per heavy atom. The SMILES string of the molecule is c1cc2c(o1)C1(CCC1)CNC21CCCC1. The van der Waals surface area contributed by atoms with Gasteiger partial charge in [-0.1, -0.05) is 19.3 Å². The summed E-state index contributed by atoms with van der Waals surface area (Å²) in [6.07, 6.45) is 11.3. The van der Waals surface area contributed by atoms with Crippen molar-refractivity contribution in [3.8, 4) is 0 Å². The molecule has 0 saturated heterocycles. The topological polar surface area (TPSA) is 25.2 Å². The second-order valence-corrected chi connectivity index (χ2v) is 5.94. The highest BCUT2D eigenvalue weighted by atomic mass is 16.3. The molecule has 0 radical (unpaired) electrons. The summed E-state index contributed by atoms with van der Waals surface area (Å²) in [5.41, 5.74) is 2.14. The number of hydrogen-bond donors (Lipinski definition) is 1. The van der Waals surface area contributed by atoms with Gasteiger partial charge in [-0.25, -0.2) is 0 Å². The Hall–Kier alpha value is -0.760. The van der Waals surface area contributed by atoms with Crippen LogP contribution in [0.4, 0.5) is 0 Å². The smallest absolute Gasteiger partial charge is 0.116 e. The van der Waals surface area contributed by atoms with Gasteiger partial charge in [-0.05, 0) is 31.7 Å². The van der Waals surface area contributed by atoms with Crippen molar-refractivity contribution in [3.63, 3.8) is 0 Å². The molecular weight excluding hydrogens is 198 g/mol. The molecule has 3 aliphatic rings. The van der Waals surface area contributed by atoms with Crippen LogP contribution < -0.4 is 5.32 Å². The molecule has 2 heterocycles. The van der Waals surface area contributed by atoms with Gasteiger partial charge in [0, 0.05) is 23.1 Å². The maximum Gasteiger partial charge on any atom is 0.116 e. The zero-order valence-corrected chi connectivity index (χ0v) is 9.72. The summed E-state index contributed by atoms with van der Waals surface area (Å²) in [6.45, 7) is 1.15. The van der Waals surface area contributed by atoms with Crippen molar-refractivity contribution >= 4 is 0 Å². The quantitative estimate of drug-likeness (QED) is 0.722. The lowest BCUT2D eigenvalue weighted by atomic mass is 9.62. The first-order chi connectivity index (χ1) is 7.85. The fourth-order valence-electron chi connectivity index (χ4n) is 4.04. The van der Waals surface area contributed by atoms with E-state index in [1.165, 1.54) is 56.3 Å². The number of fused-ring (bicyclic) bond motifs is 3. The minimum atomic E-state index is 0.281. The van der Waals surface area contributed by atoms with Gasteiger partial charge >= 0.3 is 0 Å². The predicted molar refractivity (Wildman–Crippen MR) is 62.4 cm³/mol. The third-order valence-electron chi connectivity index (χ3n) is 5.20. The maximum atomic E-state index is 5.86. The highest BCUT2D eigenvalue weighted by Gasteiger charge is 2.52. The molecule has 2 heteroatoms. The Kier molecular flexibility index (Phi) is 1.69. The first-order valence-electron chi connectivity index (χ1n) is 6.68. The Balaban J connectivity index is 1.84. The molecule has 1 aromatic heterocycles. The lowest BCUT2D eigenvalue weighted by Gasteiger charge is -2.49. The van der Waals surface area contributed by atoms with E-state index in [2.05, 4.69) is 11.4 Å². The fourth-order valence-corrected chi connectivity index (χ4v) is 4.04. The number of furan rings is 1. The average molecular weight is 217 g/mol. The minimum Gasteiger partial charge on any atom is -0.468 e. The van der Waals surface area contributed by atoms with Gasteiger partial charge in [0.1, 0.15) is 5.76 Å². The lowest BCUT2D eigenvalue weighted by molar-refractivity contribution is 0.138. The van der Waals surface area contributed by atoms with Crippen LogP contribution >= 0.6 is 0 Å². The van der Waals surface area contributed by atoms with E-state index in [1.807, 2.05) is 6.26 Å². The summed E-state index contributed by atoms with van der Waals surface area (Å²) in [7, 11) is 0. The summed E-state index contributed by atoms with van der Waals surface area (Å²) in [6, 6.07) is 2.23. The van der Waals surface area contributed by atoms with Crippen LogP contribution in [0, 0.1) is 0 Å². The first-order valence-corrected chi connectivity index (χ1v) is 6.68. The molecule has 0 bridgehead atoms. The molecule has 1 aromatic rings.